The van der Waals surface area contributed by atoms with Crippen LogP contribution in [0.15, 0.2) is 53.7 Å². The Morgan fingerprint density at radius 3 is 2.81 bits per heavy atom. The lowest BCUT2D eigenvalue weighted by Crippen LogP contribution is -2.39. The number of H-pyrrole nitrogens is 1. The topological polar surface area (TPSA) is 72.5 Å². The lowest BCUT2D eigenvalue weighted by atomic mass is 9.99. The first-order chi connectivity index (χ1) is 15.6. The fraction of sp³-hybridized carbons (Fsp3) is 0.360. The molecule has 168 valence electrons. The van der Waals surface area contributed by atoms with Crippen LogP contribution in [0.25, 0.3) is 10.9 Å². The van der Waals surface area contributed by atoms with Crippen molar-refractivity contribution in [3.05, 3.63) is 71.2 Å². The van der Waals surface area contributed by atoms with E-state index in [2.05, 4.69) is 38.8 Å². The summed E-state index contributed by atoms with van der Waals surface area (Å²) < 4.78 is 13.5. The molecule has 2 heterocycles. The zero-order valence-electron chi connectivity index (χ0n) is 18.5. The number of rotatable bonds is 7. The molecule has 0 bridgehead atoms. The van der Waals surface area contributed by atoms with E-state index >= 15 is 0 Å². The predicted molar refractivity (Wildman–Crippen MR) is 126 cm³/mol. The molecule has 1 amide bonds. The highest BCUT2D eigenvalue weighted by Gasteiger charge is 2.19. The zero-order chi connectivity index (χ0) is 22.3. The van der Waals surface area contributed by atoms with Crippen molar-refractivity contribution < 1.29 is 9.18 Å². The number of hydrogen-bond donors (Lipinski definition) is 3. The van der Waals surface area contributed by atoms with E-state index in [-0.39, 0.29) is 11.7 Å². The minimum Gasteiger partial charge on any atom is -0.361 e. The van der Waals surface area contributed by atoms with Crippen LogP contribution in [0.1, 0.15) is 29.5 Å². The molecule has 0 saturated carbocycles. The Labute approximate surface area is 187 Å². The van der Waals surface area contributed by atoms with Gasteiger partial charge in [-0.15, -0.1) is 0 Å². The van der Waals surface area contributed by atoms with Crippen LogP contribution in [-0.4, -0.2) is 48.4 Å². The van der Waals surface area contributed by atoms with E-state index in [4.69, 9.17) is 0 Å². The van der Waals surface area contributed by atoms with Crippen molar-refractivity contribution >= 4 is 22.8 Å². The lowest BCUT2D eigenvalue weighted by Gasteiger charge is -2.29. The third-order valence-corrected chi connectivity index (χ3v) is 5.98. The molecular weight excluding hydrogens is 405 g/mol. The van der Waals surface area contributed by atoms with Crippen LogP contribution in [0.4, 0.5) is 4.39 Å². The summed E-state index contributed by atoms with van der Waals surface area (Å²) in [4.78, 5) is 22.0. The summed E-state index contributed by atoms with van der Waals surface area (Å²) in [5.41, 5.74) is 4.61. The number of fused-ring (bicyclic) bond motifs is 2. The number of nitrogens with one attached hydrogen (secondary N) is 3. The molecule has 1 aromatic heterocycles. The van der Waals surface area contributed by atoms with E-state index < -0.39 is 0 Å². The quantitative estimate of drug-likeness (QED) is 0.303. The summed E-state index contributed by atoms with van der Waals surface area (Å²) in [6.45, 7) is 2.86. The second-order valence-electron chi connectivity index (χ2n) is 8.12. The van der Waals surface area contributed by atoms with Gasteiger partial charge < -0.3 is 20.5 Å². The molecule has 4 rings (SSSR count). The molecule has 32 heavy (non-hydrogen) atoms. The maximum atomic E-state index is 13.5. The molecule has 0 fully saturated rings. The number of nitrogens with zero attached hydrogens (tertiary/aromatic N) is 2. The van der Waals surface area contributed by atoms with Crippen molar-refractivity contribution in [2.75, 3.05) is 26.7 Å². The van der Waals surface area contributed by atoms with E-state index in [9.17, 15) is 9.18 Å². The minimum absolute atomic E-state index is 0.204. The van der Waals surface area contributed by atoms with Gasteiger partial charge in [0.05, 0.1) is 0 Å². The van der Waals surface area contributed by atoms with E-state index in [1.165, 1.54) is 17.2 Å². The Kier molecular flexibility index (Phi) is 7.04. The number of carbonyl (C=O) groups excluding carboxylic acids is 1. The molecule has 1 aliphatic heterocycles. The number of benzene rings is 2. The third kappa shape index (κ3) is 5.28. The number of carbonyl (C=O) groups is 1. The first-order valence-electron chi connectivity index (χ1n) is 11.2. The summed E-state index contributed by atoms with van der Waals surface area (Å²) in [6, 6.07) is 13.1. The van der Waals surface area contributed by atoms with Crippen LogP contribution in [0, 0.1) is 5.82 Å². The first kappa shape index (κ1) is 21.9. The Morgan fingerprint density at radius 2 is 1.97 bits per heavy atom. The fourth-order valence-corrected chi connectivity index (χ4v) is 4.21. The summed E-state index contributed by atoms with van der Waals surface area (Å²) >= 11 is 0. The highest BCUT2D eigenvalue weighted by Crippen LogP contribution is 2.20. The first-order valence-corrected chi connectivity index (χ1v) is 11.2. The van der Waals surface area contributed by atoms with E-state index in [1.807, 2.05) is 17.2 Å². The van der Waals surface area contributed by atoms with Gasteiger partial charge in [0.15, 0.2) is 5.96 Å². The van der Waals surface area contributed by atoms with Crippen molar-refractivity contribution in [1.82, 2.24) is 20.5 Å². The van der Waals surface area contributed by atoms with Gasteiger partial charge in [0, 0.05) is 56.7 Å². The highest BCUT2D eigenvalue weighted by atomic mass is 19.1. The van der Waals surface area contributed by atoms with Crippen LogP contribution in [-0.2, 0) is 24.2 Å². The monoisotopic (exact) mass is 435 g/mol. The number of hydrogen-bond acceptors (Lipinski definition) is 2. The number of halogens is 1. The van der Waals surface area contributed by atoms with Crippen LogP contribution in [0.2, 0.25) is 0 Å². The van der Waals surface area contributed by atoms with Crippen molar-refractivity contribution in [3.8, 4) is 0 Å². The van der Waals surface area contributed by atoms with Gasteiger partial charge in [-0.25, -0.2) is 4.39 Å². The van der Waals surface area contributed by atoms with Crippen molar-refractivity contribution in [2.24, 2.45) is 4.99 Å². The van der Waals surface area contributed by atoms with E-state index in [0.29, 0.717) is 32.0 Å². The molecule has 0 unspecified atom stereocenters. The lowest BCUT2D eigenvalue weighted by molar-refractivity contribution is -0.132. The highest BCUT2D eigenvalue weighted by molar-refractivity contribution is 5.83. The number of aliphatic imine (C=N–C) groups is 1. The maximum absolute atomic E-state index is 13.5. The predicted octanol–water partition coefficient (Wildman–Crippen LogP) is 3.38. The normalized spacial score (nSPS) is 13.8. The van der Waals surface area contributed by atoms with Crippen LogP contribution in [0.3, 0.4) is 0 Å². The Hall–Kier alpha value is -3.35. The van der Waals surface area contributed by atoms with Crippen LogP contribution < -0.4 is 10.6 Å². The molecule has 2 aromatic carbocycles. The van der Waals surface area contributed by atoms with Crippen molar-refractivity contribution in [3.63, 3.8) is 0 Å². The number of aromatic amines is 1. The standard InChI is InChI=1S/C25H30FN5O/c1-27-25(29-13-10-19-16-30-23-9-8-21(26)15-22(19)23)28-12-4-7-24(32)31-14-11-18-5-2-3-6-20(18)17-31/h2-3,5-6,8-9,15-16,30H,4,7,10-14,17H2,1H3,(H2,27,28,29). The van der Waals surface area contributed by atoms with Gasteiger partial charge in [-0.2, -0.15) is 0 Å². The van der Waals surface area contributed by atoms with Crippen LogP contribution >= 0.6 is 0 Å². The summed E-state index contributed by atoms with van der Waals surface area (Å²) in [5, 5.41) is 7.47. The van der Waals surface area contributed by atoms with Gasteiger partial charge >= 0.3 is 0 Å². The second-order valence-corrected chi connectivity index (χ2v) is 8.12. The molecule has 0 aliphatic carbocycles. The molecule has 0 radical (unpaired) electrons. The average molecular weight is 436 g/mol. The molecule has 7 heteroatoms. The molecule has 3 aromatic rings. The number of aromatic nitrogens is 1. The Balaban J connectivity index is 1.17. The molecule has 0 atom stereocenters. The van der Waals surface area contributed by atoms with Gasteiger partial charge in [-0.1, -0.05) is 24.3 Å². The number of amides is 1. The zero-order valence-corrected chi connectivity index (χ0v) is 18.5. The fourth-order valence-electron chi connectivity index (χ4n) is 4.21. The SMILES string of the molecule is CN=C(NCCCC(=O)N1CCc2ccccc2C1)NCCc1c[nH]c2ccc(F)cc12. The summed E-state index contributed by atoms with van der Waals surface area (Å²) in [7, 11) is 1.73. The van der Waals surface area contributed by atoms with Crippen molar-refractivity contribution in [2.45, 2.75) is 32.2 Å². The third-order valence-electron chi connectivity index (χ3n) is 5.98. The van der Waals surface area contributed by atoms with Gasteiger partial charge in [0.1, 0.15) is 5.82 Å². The Morgan fingerprint density at radius 1 is 1.16 bits per heavy atom. The van der Waals surface area contributed by atoms with E-state index in [1.54, 1.807) is 19.2 Å². The van der Waals surface area contributed by atoms with Crippen molar-refractivity contribution in [1.29, 1.82) is 0 Å². The molecule has 0 spiro atoms. The maximum Gasteiger partial charge on any atom is 0.222 e. The average Bonchev–Trinajstić information content (AvgIpc) is 3.22. The molecule has 6 nitrogen and oxygen atoms in total. The van der Waals surface area contributed by atoms with Gasteiger partial charge in [-0.05, 0) is 54.2 Å². The van der Waals surface area contributed by atoms with Gasteiger partial charge in [-0.3, -0.25) is 9.79 Å². The van der Waals surface area contributed by atoms with Gasteiger partial charge in [0.25, 0.3) is 0 Å². The summed E-state index contributed by atoms with van der Waals surface area (Å²) in [5.74, 6) is 0.679. The van der Waals surface area contributed by atoms with E-state index in [0.717, 1.165) is 42.3 Å². The van der Waals surface area contributed by atoms with Crippen LogP contribution in [0.5, 0.6) is 0 Å². The number of guanidine groups is 1. The molecular formula is C25H30FN5O. The second kappa shape index (κ2) is 10.3. The summed E-state index contributed by atoms with van der Waals surface area (Å²) in [6.07, 6.45) is 4.87. The Bertz CT molecular complexity index is 1110. The minimum atomic E-state index is -0.230. The molecule has 3 N–H and O–H groups in total. The molecule has 1 aliphatic rings. The van der Waals surface area contributed by atoms with Gasteiger partial charge in [0.2, 0.25) is 5.91 Å². The smallest absolute Gasteiger partial charge is 0.222 e. The molecule has 0 saturated heterocycles. The largest absolute Gasteiger partial charge is 0.361 e.